The largest absolute Gasteiger partial charge is 0.497 e. The van der Waals surface area contributed by atoms with Gasteiger partial charge in [-0.3, -0.25) is 4.99 Å². The molecule has 0 atom stereocenters. The van der Waals surface area contributed by atoms with Gasteiger partial charge in [0.05, 0.1) is 7.11 Å². The molecule has 0 spiro atoms. The average molecular weight is 301 g/mol. The van der Waals surface area contributed by atoms with E-state index in [-0.39, 0.29) is 5.41 Å². The molecule has 0 radical (unpaired) electrons. The highest BCUT2D eigenvalue weighted by Gasteiger charge is 2.22. The molecule has 0 amide bonds. The highest BCUT2D eigenvalue weighted by molar-refractivity contribution is 5.80. The van der Waals surface area contributed by atoms with E-state index in [1.54, 1.807) is 7.11 Å². The van der Waals surface area contributed by atoms with Crippen LogP contribution in [-0.4, -0.2) is 32.7 Å². The number of hydrogen-bond donors (Lipinski definition) is 2. The van der Waals surface area contributed by atoms with Crippen LogP contribution in [0.15, 0.2) is 41.4 Å². The minimum absolute atomic E-state index is 0.0138. The van der Waals surface area contributed by atoms with Crippen molar-refractivity contribution in [2.75, 3.05) is 20.7 Å². The molecule has 4 nitrogen and oxygen atoms in total. The molecule has 2 rings (SSSR count). The molecule has 1 aromatic carbocycles. The van der Waals surface area contributed by atoms with Gasteiger partial charge in [0.2, 0.25) is 0 Å². The summed E-state index contributed by atoms with van der Waals surface area (Å²) >= 11 is 0. The van der Waals surface area contributed by atoms with Crippen LogP contribution < -0.4 is 15.4 Å². The second kappa shape index (κ2) is 7.34. The zero-order chi connectivity index (χ0) is 16.0. The Kier molecular flexibility index (Phi) is 5.47. The number of guanidine groups is 1. The minimum atomic E-state index is -0.0138. The lowest BCUT2D eigenvalue weighted by Crippen LogP contribution is -2.46. The van der Waals surface area contributed by atoms with Crippen LogP contribution >= 0.6 is 0 Å². The molecule has 4 heteroatoms. The van der Waals surface area contributed by atoms with Gasteiger partial charge in [-0.2, -0.15) is 0 Å². The van der Waals surface area contributed by atoms with E-state index >= 15 is 0 Å². The summed E-state index contributed by atoms with van der Waals surface area (Å²) < 4.78 is 5.32. The van der Waals surface area contributed by atoms with Gasteiger partial charge >= 0.3 is 0 Å². The lowest BCUT2D eigenvalue weighted by Gasteiger charge is -2.28. The highest BCUT2D eigenvalue weighted by atomic mass is 16.5. The van der Waals surface area contributed by atoms with Crippen LogP contribution in [0.25, 0.3) is 0 Å². The fraction of sp³-hybridized carbons (Fsp3) is 0.500. The smallest absolute Gasteiger partial charge is 0.191 e. The van der Waals surface area contributed by atoms with Crippen LogP contribution in [-0.2, 0) is 5.41 Å². The zero-order valence-electron chi connectivity index (χ0n) is 14.0. The van der Waals surface area contributed by atoms with Crippen LogP contribution in [0.2, 0.25) is 0 Å². The van der Waals surface area contributed by atoms with E-state index < -0.39 is 0 Å². The van der Waals surface area contributed by atoms with Gasteiger partial charge in [-0.1, -0.05) is 38.1 Å². The summed E-state index contributed by atoms with van der Waals surface area (Å²) in [6.07, 6.45) is 6.57. The maximum Gasteiger partial charge on any atom is 0.191 e. The highest BCUT2D eigenvalue weighted by Crippen LogP contribution is 2.25. The zero-order valence-corrected chi connectivity index (χ0v) is 14.0. The Labute approximate surface area is 133 Å². The SMILES string of the molecule is CN=C(NCC(C)(C)c1cccc(OC)c1)NC1CC=CC1. The van der Waals surface area contributed by atoms with Crippen LogP contribution in [0, 0.1) is 0 Å². The summed E-state index contributed by atoms with van der Waals surface area (Å²) in [5.74, 6) is 1.76. The van der Waals surface area contributed by atoms with E-state index in [2.05, 4.69) is 53.8 Å². The Bertz CT molecular complexity index is 541. The Hall–Kier alpha value is -1.97. The molecule has 1 aliphatic rings. The van der Waals surface area contributed by atoms with E-state index in [0.29, 0.717) is 6.04 Å². The van der Waals surface area contributed by atoms with Gasteiger partial charge in [0, 0.05) is 25.0 Å². The number of methoxy groups -OCH3 is 1. The number of rotatable bonds is 5. The van der Waals surface area contributed by atoms with Crippen molar-refractivity contribution < 1.29 is 4.74 Å². The summed E-state index contributed by atoms with van der Waals surface area (Å²) in [5, 5.41) is 6.91. The molecular formula is C18H27N3O. The molecular weight excluding hydrogens is 274 g/mol. The second-order valence-electron chi connectivity index (χ2n) is 6.33. The number of aliphatic imine (C=N–C) groups is 1. The molecule has 0 fully saturated rings. The van der Waals surface area contributed by atoms with Gasteiger partial charge in [-0.25, -0.2) is 0 Å². The quantitative estimate of drug-likeness (QED) is 0.499. The fourth-order valence-electron chi connectivity index (χ4n) is 2.57. The van der Waals surface area contributed by atoms with Crippen LogP contribution in [0.5, 0.6) is 5.75 Å². The van der Waals surface area contributed by atoms with E-state index in [1.807, 2.05) is 19.2 Å². The number of hydrogen-bond acceptors (Lipinski definition) is 2. The first kappa shape index (κ1) is 16.4. The van der Waals surface area contributed by atoms with Crippen molar-refractivity contribution in [2.45, 2.75) is 38.1 Å². The number of benzene rings is 1. The first-order chi connectivity index (χ1) is 10.5. The summed E-state index contributed by atoms with van der Waals surface area (Å²) in [5.41, 5.74) is 1.23. The van der Waals surface area contributed by atoms with Crippen molar-refractivity contribution in [2.24, 2.45) is 4.99 Å². The molecule has 0 saturated carbocycles. The van der Waals surface area contributed by atoms with Crippen molar-refractivity contribution in [1.29, 1.82) is 0 Å². The fourth-order valence-corrected chi connectivity index (χ4v) is 2.57. The van der Waals surface area contributed by atoms with Crippen molar-refractivity contribution in [3.8, 4) is 5.75 Å². The molecule has 2 N–H and O–H groups in total. The van der Waals surface area contributed by atoms with E-state index in [1.165, 1.54) is 5.56 Å². The van der Waals surface area contributed by atoms with Crippen molar-refractivity contribution in [3.05, 3.63) is 42.0 Å². The summed E-state index contributed by atoms with van der Waals surface area (Å²) in [6.45, 7) is 5.25. The van der Waals surface area contributed by atoms with Crippen molar-refractivity contribution >= 4 is 5.96 Å². The van der Waals surface area contributed by atoms with Crippen LogP contribution in [0.1, 0.15) is 32.3 Å². The van der Waals surface area contributed by atoms with Gasteiger partial charge in [-0.05, 0) is 30.5 Å². The molecule has 0 aromatic heterocycles. The van der Waals surface area contributed by atoms with Crippen molar-refractivity contribution in [3.63, 3.8) is 0 Å². The molecule has 1 aromatic rings. The lowest BCUT2D eigenvalue weighted by molar-refractivity contribution is 0.411. The Morgan fingerprint density at radius 1 is 1.32 bits per heavy atom. The van der Waals surface area contributed by atoms with E-state index in [0.717, 1.165) is 31.1 Å². The van der Waals surface area contributed by atoms with Gasteiger partial charge in [0.15, 0.2) is 5.96 Å². The third kappa shape index (κ3) is 4.26. The van der Waals surface area contributed by atoms with Gasteiger partial charge in [-0.15, -0.1) is 0 Å². The van der Waals surface area contributed by atoms with Crippen LogP contribution in [0.3, 0.4) is 0 Å². The molecule has 0 heterocycles. The topological polar surface area (TPSA) is 45.7 Å². The Morgan fingerprint density at radius 2 is 2.05 bits per heavy atom. The molecule has 22 heavy (non-hydrogen) atoms. The second-order valence-corrected chi connectivity index (χ2v) is 6.33. The van der Waals surface area contributed by atoms with Gasteiger partial charge < -0.3 is 15.4 Å². The Balaban J connectivity index is 1.95. The number of ether oxygens (including phenoxy) is 1. The summed E-state index contributed by atoms with van der Waals surface area (Å²) in [6, 6.07) is 8.71. The Morgan fingerprint density at radius 3 is 2.68 bits per heavy atom. The molecule has 0 aliphatic heterocycles. The average Bonchev–Trinajstić information content (AvgIpc) is 3.04. The molecule has 120 valence electrons. The molecule has 1 aliphatic carbocycles. The monoisotopic (exact) mass is 301 g/mol. The standard InChI is InChI=1S/C18H27N3O/c1-18(2,14-8-7-11-16(12-14)22-4)13-20-17(19-3)21-15-9-5-6-10-15/h5-8,11-12,15H,9-10,13H2,1-4H3,(H2,19,20,21). The summed E-state index contributed by atoms with van der Waals surface area (Å²) in [7, 11) is 3.52. The van der Waals surface area contributed by atoms with Crippen LogP contribution in [0.4, 0.5) is 0 Å². The maximum absolute atomic E-state index is 5.32. The molecule has 0 saturated heterocycles. The number of nitrogens with zero attached hydrogens (tertiary/aromatic N) is 1. The normalized spacial score (nSPS) is 15.9. The molecule has 0 bridgehead atoms. The van der Waals surface area contributed by atoms with Crippen molar-refractivity contribution in [1.82, 2.24) is 10.6 Å². The molecule has 0 unspecified atom stereocenters. The summed E-state index contributed by atoms with van der Waals surface area (Å²) in [4.78, 5) is 4.32. The maximum atomic E-state index is 5.32. The van der Waals surface area contributed by atoms with Gasteiger partial charge in [0.1, 0.15) is 5.75 Å². The van der Waals surface area contributed by atoms with E-state index in [9.17, 15) is 0 Å². The third-order valence-corrected chi connectivity index (χ3v) is 4.12. The van der Waals surface area contributed by atoms with Gasteiger partial charge in [0.25, 0.3) is 0 Å². The number of nitrogens with one attached hydrogen (secondary N) is 2. The first-order valence-corrected chi connectivity index (χ1v) is 7.82. The predicted molar refractivity (Wildman–Crippen MR) is 92.7 cm³/mol. The first-order valence-electron chi connectivity index (χ1n) is 7.82. The van der Waals surface area contributed by atoms with E-state index in [4.69, 9.17) is 4.74 Å². The lowest BCUT2D eigenvalue weighted by atomic mass is 9.84. The third-order valence-electron chi connectivity index (χ3n) is 4.12. The minimum Gasteiger partial charge on any atom is -0.497 e. The predicted octanol–water partition coefficient (Wildman–Crippen LogP) is 2.86.